The number of rotatable bonds is 5. The molecule has 102 valence electrons. The fourth-order valence-corrected chi connectivity index (χ4v) is 1.78. The molecule has 0 aromatic heterocycles. The van der Waals surface area contributed by atoms with E-state index in [2.05, 4.69) is 17.1 Å². The van der Waals surface area contributed by atoms with Crippen molar-refractivity contribution in [3.05, 3.63) is 0 Å². The molecule has 2 N–H and O–H groups in total. The Bertz CT molecular complexity index is 236. The molecule has 4 heteroatoms. The molecule has 0 amide bonds. The van der Waals surface area contributed by atoms with Gasteiger partial charge in [0.1, 0.15) is 0 Å². The van der Waals surface area contributed by atoms with E-state index >= 15 is 0 Å². The molecule has 0 spiro atoms. The number of aliphatic hydroxyl groups is 1. The second kappa shape index (κ2) is 5.65. The minimum absolute atomic E-state index is 0.227. The average Bonchev–Trinajstić information content (AvgIpc) is 2.25. The molecule has 0 aliphatic carbocycles. The number of ether oxygens (including phenoxy) is 1. The minimum Gasteiger partial charge on any atom is -0.389 e. The lowest BCUT2D eigenvalue weighted by atomic mass is 9.86. The topological polar surface area (TPSA) is 44.7 Å². The summed E-state index contributed by atoms with van der Waals surface area (Å²) >= 11 is 0. The first-order valence-corrected chi connectivity index (χ1v) is 6.57. The van der Waals surface area contributed by atoms with E-state index in [0.29, 0.717) is 0 Å². The third-order valence-electron chi connectivity index (χ3n) is 3.97. The van der Waals surface area contributed by atoms with Crippen molar-refractivity contribution in [2.24, 2.45) is 0 Å². The lowest BCUT2D eigenvalue weighted by Gasteiger charge is -2.40. The van der Waals surface area contributed by atoms with E-state index in [9.17, 15) is 5.11 Å². The predicted octanol–water partition coefficient (Wildman–Crippen LogP) is 0.846. The summed E-state index contributed by atoms with van der Waals surface area (Å²) in [7, 11) is 0. The van der Waals surface area contributed by atoms with Crippen LogP contribution in [0.25, 0.3) is 0 Å². The summed E-state index contributed by atoms with van der Waals surface area (Å²) in [5.74, 6) is 0. The monoisotopic (exact) mass is 244 g/mol. The van der Waals surface area contributed by atoms with Crippen molar-refractivity contribution in [2.45, 2.75) is 51.9 Å². The van der Waals surface area contributed by atoms with Crippen LogP contribution in [-0.2, 0) is 4.74 Å². The second-order valence-electron chi connectivity index (χ2n) is 5.95. The van der Waals surface area contributed by atoms with Crippen LogP contribution in [0.2, 0.25) is 0 Å². The van der Waals surface area contributed by atoms with Crippen molar-refractivity contribution in [2.75, 3.05) is 32.8 Å². The number of likely N-dealkylation sites (N-methyl/N-ethyl adjacent to an activating group) is 1. The summed E-state index contributed by atoms with van der Waals surface area (Å²) in [5, 5.41) is 13.5. The normalized spacial score (nSPS) is 24.0. The van der Waals surface area contributed by atoms with Gasteiger partial charge in [-0.3, -0.25) is 4.90 Å². The predicted molar refractivity (Wildman–Crippen MR) is 70.2 cm³/mol. The largest absolute Gasteiger partial charge is 0.389 e. The van der Waals surface area contributed by atoms with Crippen LogP contribution < -0.4 is 5.32 Å². The third kappa shape index (κ3) is 4.21. The van der Waals surface area contributed by atoms with Crippen LogP contribution in [-0.4, -0.2) is 60.0 Å². The van der Waals surface area contributed by atoms with Gasteiger partial charge in [-0.05, 0) is 34.2 Å². The molecule has 4 nitrogen and oxygen atoms in total. The van der Waals surface area contributed by atoms with Gasteiger partial charge in [0.2, 0.25) is 0 Å². The van der Waals surface area contributed by atoms with Crippen LogP contribution in [0.1, 0.15) is 34.6 Å². The first-order valence-electron chi connectivity index (χ1n) is 6.57. The highest BCUT2D eigenvalue weighted by Crippen LogP contribution is 2.20. The molecule has 17 heavy (non-hydrogen) atoms. The van der Waals surface area contributed by atoms with E-state index in [1.54, 1.807) is 0 Å². The van der Waals surface area contributed by atoms with E-state index in [-0.39, 0.29) is 11.6 Å². The first-order chi connectivity index (χ1) is 7.76. The molecule has 1 heterocycles. The van der Waals surface area contributed by atoms with Gasteiger partial charge in [0.05, 0.1) is 18.3 Å². The van der Waals surface area contributed by atoms with Gasteiger partial charge >= 0.3 is 0 Å². The summed E-state index contributed by atoms with van der Waals surface area (Å²) < 4.78 is 5.73. The van der Waals surface area contributed by atoms with E-state index < -0.39 is 5.60 Å². The van der Waals surface area contributed by atoms with Crippen LogP contribution in [0.15, 0.2) is 0 Å². The Balaban J connectivity index is 2.40. The Kier molecular flexibility index (Phi) is 4.95. The molecule has 0 bridgehead atoms. The number of nitrogens with one attached hydrogen (secondary N) is 1. The van der Waals surface area contributed by atoms with E-state index in [0.717, 1.165) is 32.8 Å². The molecular weight excluding hydrogens is 216 g/mol. The maximum absolute atomic E-state index is 10.1. The molecule has 0 radical (unpaired) electrons. The highest BCUT2D eigenvalue weighted by molar-refractivity contribution is 4.94. The summed E-state index contributed by atoms with van der Waals surface area (Å²) in [6.45, 7) is 14.6. The van der Waals surface area contributed by atoms with E-state index in [4.69, 9.17) is 4.74 Å². The van der Waals surface area contributed by atoms with Gasteiger partial charge in [-0.15, -0.1) is 0 Å². The molecule has 1 atom stereocenters. The summed E-state index contributed by atoms with van der Waals surface area (Å²) in [5.41, 5.74) is -1.06. The Morgan fingerprint density at radius 3 is 2.53 bits per heavy atom. The van der Waals surface area contributed by atoms with Gasteiger partial charge < -0.3 is 15.2 Å². The van der Waals surface area contributed by atoms with Gasteiger partial charge in [-0.1, -0.05) is 6.92 Å². The molecule has 0 aromatic rings. The fraction of sp³-hybridized carbons (Fsp3) is 1.00. The number of hydrogen-bond acceptors (Lipinski definition) is 4. The van der Waals surface area contributed by atoms with Crippen LogP contribution in [0, 0.1) is 0 Å². The Morgan fingerprint density at radius 2 is 2.00 bits per heavy atom. The zero-order chi connectivity index (χ0) is 13.1. The number of hydrogen-bond donors (Lipinski definition) is 2. The van der Waals surface area contributed by atoms with Gasteiger partial charge in [-0.2, -0.15) is 0 Å². The van der Waals surface area contributed by atoms with Gasteiger partial charge in [0, 0.05) is 25.2 Å². The molecule has 0 aromatic carbocycles. The smallest absolute Gasteiger partial charge is 0.0826 e. The molecular formula is C13H28N2O2. The van der Waals surface area contributed by atoms with Crippen LogP contribution in [0.3, 0.4) is 0 Å². The molecule has 0 saturated carbocycles. The lowest BCUT2D eigenvalue weighted by molar-refractivity contribution is -0.0443. The fourth-order valence-electron chi connectivity index (χ4n) is 1.78. The zero-order valence-electron chi connectivity index (χ0n) is 11.9. The van der Waals surface area contributed by atoms with Crippen molar-refractivity contribution in [1.29, 1.82) is 0 Å². The highest BCUT2D eigenvalue weighted by atomic mass is 16.5. The maximum Gasteiger partial charge on any atom is 0.0826 e. The second-order valence-corrected chi connectivity index (χ2v) is 5.95. The van der Waals surface area contributed by atoms with Gasteiger partial charge in [-0.25, -0.2) is 0 Å². The minimum atomic E-state index is -0.744. The Labute approximate surface area is 105 Å². The molecule has 1 aliphatic heterocycles. The lowest BCUT2D eigenvalue weighted by Crippen LogP contribution is -2.59. The first kappa shape index (κ1) is 14.9. The van der Waals surface area contributed by atoms with Crippen molar-refractivity contribution in [3.63, 3.8) is 0 Å². The SMILES string of the molecule is CCN1CCOC(CNC(C)(C)C(C)(C)O)C1. The molecule has 1 rings (SSSR count). The van der Waals surface area contributed by atoms with E-state index in [1.807, 2.05) is 27.7 Å². The summed E-state index contributed by atoms with van der Waals surface area (Å²) in [4.78, 5) is 2.40. The quantitative estimate of drug-likeness (QED) is 0.752. The van der Waals surface area contributed by atoms with Crippen LogP contribution >= 0.6 is 0 Å². The van der Waals surface area contributed by atoms with E-state index in [1.165, 1.54) is 0 Å². The average molecular weight is 244 g/mol. The Hall–Kier alpha value is -0.160. The number of nitrogens with zero attached hydrogens (tertiary/aromatic N) is 1. The van der Waals surface area contributed by atoms with Crippen molar-refractivity contribution in [3.8, 4) is 0 Å². The molecule has 1 fully saturated rings. The van der Waals surface area contributed by atoms with Crippen LogP contribution in [0.5, 0.6) is 0 Å². The van der Waals surface area contributed by atoms with Crippen molar-refractivity contribution < 1.29 is 9.84 Å². The summed E-state index contributed by atoms with van der Waals surface area (Å²) in [6, 6.07) is 0. The molecule has 1 aliphatic rings. The van der Waals surface area contributed by atoms with Crippen LogP contribution in [0.4, 0.5) is 0 Å². The standard InChI is InChI=1S/C13H28N2O2/c1-6-15-7-8-17-11(10-15)9-14-12(2,3)13(4,5)16/h11,14,16H,6-10H2,1-5H3. The Morgan fingerprint density at radius 1 is 1.35 bits per heavy atom. The van der Waals surface area contributed by atoms with Gasteiger partial charge in [0.15, 0.2) is 0 Å². The number of morpholine rings is 1. The highest BCUT2D eigenvalue weighted by Gasteiger charge is 2.35. The van der Waals surface area contributed by atoms with Crippen molar-refractivity contribution >= 4 is 0 Å². The van der Waals surface area contributed by atoms with Crippen molar-refractivity contribution in [1.82, 2.24) is 10.2 Å². The molecule has 1 saturated heterocycles. The zero-order valence-corrected chi connectivity index (χ0v) is 11.9. The summed E-state index contributed by atoms with van der Waals surface area (Å²) in [6.07, 6.45) is 0.227. The molecule has 1 unspecified atom stereocenters. The third-order valence-corrected chi connectivity index (χ3v) is 3.97. The van der Waals surface area contributed by atoms with Gasteiger partial charge in [0.25, 0.3) is 0 Å². The maximum atomic E-state index is 10.1.